The normalized spacial score (nSPS) is 9.44. The van der Waals surface area contributed by atoms with Crippen LogP contribution in [0.3, 0.4) is 0 Å². The molecule has 2 N–H and O–H groups in total. The molecule has 0 atom stereocenters. The number of halogens is 1. The molecule has 4 heteroatoms. The Bertz CT molecular complexity index is 231. The Kier molecular flexibility index (Phi) is 1.87. The first-order chi connectivity index (χ1) is 4.20. The van der Waals surface area contributed by atoms with E-state index in [4.69, 9.17) is 5.73 Å². The minimum absolute atomic E-state index is 0.519. The zero-order valence-electron chi connectivity index (χ0n) is 4.60. The molecule has 2 nitrogen and oxygen atoms in total. The third-order valence-corrected chi connectivity index (χ3v) is 2.30. The van der Waals surface area contributed by atoms with Gasteiger partial charge in [-0.15, -0.1) is 11.3 Å². The molecule has 9 heavy (non-hydrogen) atoms. The van der Waals surface area contributed by atoms with Crippen LogP contribution in [0.5, 0.6) is 0 Å². The second kappa shape index (κ2) is 2.49. The third-order valence-electron chi connectivity index (χ3n) is 0.752. The summed E-state index contributed by atoms with van der Waals surface area (Å²) in [6.45, 7) is 3.54. The van der Waals surface area contributed by atoms with E-state index in [1.807, 2.05) is 0 Å². The predicted octanol–water partition coefficient (Wildman–Crippen LogP) is 1.84. The van der Waals surface area contributed by atoms with Gasteiger partial charge in [0.2, 0.25) is 0 Å². The number of hydrogen-bond donors (Lipinski definition) is 1. The molecular formula is C5H5BrN2S. The SMILES string of the molecule is C=C(N)c1ncc(Br)s1. The fourth-order valence-corrected chi connectivity index (χ4v) is 1.49. The van der Waals surface area contributed by atoms with Crippen molar-refractivity contribution in [3.8, 4) is 0 Å². The van der Waals surface area contributed by atoms with Crippen LogP contribution in [0.25, 0.3) is 5.70 Å². The number of aromatic nitrogens is 1. The maximum atomic E-state index is 5.36. The van der Waals surface area contributed by atoms with Crippen LogP contribution < -0.4 is 5.73 Å². The van der Waals surface area contributed by atoms with Gasteiger partial charge < -0.3 is 5.73 Å². The van der Waals surface area contributed by atoms with Crippen molar-refractivity contribution in [1.82, 2.24) is 4.98 Å². The largest absolute Gasteiger partial charge is 0.397 e. The maximum absolute atomic E-state index is 5.36. The molecule has 0 aromatic carbocycles. The molecule has 0 aliphatic carbocycles. The van der Waals surface area contributed by atoms with Crippen LogP contribution in [0.2, 0.25) is 0 Å². The Hall–Kier alpha value is -0.350. The number of hydrogen-bond acceptors (Lipinski definition) is 3. The van der Waals surface area contributed by atoms with Gasteiger partial charge in [-0.3, -0.25) is 0 Å². The van der Waals surface area contributed by atoms with Gasteiger partial charge in [0.1, 0.15) is 5.01 Å². The van der Waals surface area contributed by atoms with E-state index in [1.54, 1.807) is 6.20 Å². The highest BCUT2D eigenvalue weighted by atomic mass is 79.9. The molecule has 1 aromatic rings. The number of nitrogens with zero attached hydrogens (tertiary/aromatic N) is 1. The third kappa shape index (κ3) is 1.53. The van der Waals surface area contributed by atoms with Gasteiger partial charge in [0.15, 0.2) is 0 Å². The number of rotatable bonds is 1. The summed E-state index contributed by atoms with van der Waals surface area (Å²) in [6.07, 6.45) is 1.71. The summed E-state index contributed by atoms with van der Waals surface area (Å²) in [5.74, 6) is 0. The summed E-state index contributed by atoms with van der Waals surface area (Å²) >= 11 is 4.74. The first kappa shape index (κ1) is 6.77. The Labute approximate surface area is 65.5 Å². The highest BCUT2D eigenvalue weighted by Crippen LogP contribution is 2.21. The Morgan fingerprint density at radius 1 is 1.89 bits per heavy atom. The monoisotopic (exact) mass is 204 g/mol. The van der Waals surface area contributed by atoms with Crippen molar-refractivity contribution in [1.29, 1.82) is 0 Å². The van der Waals surface area contributed by atoms with Crippen LogP contribution in [0, 0.1) is 0 Å². The van der Waals surface area contributed by atoms with Gasteiger partial charge in [-0.25, -0.2) is 4.98 Å². The molecular weight excluding hydrogens is 200 g/mol. The quantitative estimate of drug-likeness (QED) is 0.759. The summed E-state index contributed by atoms with van der Waals surface area (Å²) in [6, 6.07) is 0. The van der Waals surface area contributed by atoms with Crippen LogP contribution >= 0.6 is 27.3 Å². The van der Waals surface area contributed by atoms with Crippen molar-refractivity contribution in [3.63, 3.8) is 0 Å². The molecule has 0 amide bonds. The van der Waals surface area contributed by atoms with Crippen molar-refractivity contribution in [3.05, 3.63) is 21.6 Å². The van der Waals surface area contributed by atoms with E-state index in [2.05, 4.69) is 27.5 Å². The molecule has 1 heterocycles. The topological polar surface area (TPSA) is 38.9 Å². The molecule has 0 radical (unpaired) electrons. The lowest BCUT2D eigenvalue weighted by Gasteiger charge is -1.86. The van der Waals surface area contributed by atoms with E-state index in [0.29, 0.717) is 5.70 Å². The van der Waals surface area contributed by atoms with Crippen LogP contribution in [0.4, 0.5) is 0 Å². The van der Waals surface area contributed by atoms with Crippen molar-refractivity contribution in [2.24, 2.45) is 5.73 Å². The van der Waals surface area contributed by atoms with E-state index in [-0.39, 0.29) is 0 Å². The molecule has 0 saturated carbocycles. The van der Waals surface area contributed by atoms with Crippen LogP contribution in [0.15, 0.2) is 16.6 Å². The molecule has 0 fully saturated rings. The lowest BCUT2D eigenvalue weighted by Crippen LogP contribution is -1.91. The highest BCUT2D eigenvalue weighted by molar-refractivity contribution is 9.11. The fourth-order valence-electron chi connectivity index (χ4n) is 0.403. The van der Waals surface area contributed by atoms with Crippen molar-refractivity contribution < 1.29 is 0 Å². The number of nitrogens with two attached hydrogens (primary N) is 1. The van der Waals surface area contributed by atoms with E-state index < -0.39 is 0 Å². The molecule has 0 spiro atoms. The second-order valence-electron chi connectivity index (χ2n) is 1.49. The molecule has 1 aromatic heterocycles. The molecule has 0 aliphatic rings. The van der Waals surface area contributed by atoms with Gasteiger partial charge >= 0.3 is 0 Å². The van der Waals surface area contributed by atoms with Crippen molar-refractivity contribution in [2.75, 3.05) is 0 Å². The van der Waals surface area contributed by atoms with Crippen LogP contribution in [0.1, 0.15) is 5.01 Å². The Morgan fingerprint density at radius 2 is 2.56 bits per heavy atom. The van der Waals surface area contributed by atoms with Crippen molar-refractivity contribution >= 4 is 33.0 Å². The zero-order valence-corrected chi connectivity index (χ0v) is 7.00. The minimum atomic E-state index is 0.519. The Balaban J connectivity index is 2.98. The molecule has 0 bridgehead atoms. The maximum Gasteiger partial charge on any atom is 0.139 e. The van der Waals surface area contributed by atoms with Gasteiger partial charge in [-0.2, -0.15) is 0 Å². The molecule has 0 aliphatic heterocycles. The lowest BCUT2D eigenvalue weighted by molar-refractivity contribution is 1.35. The summed E-state index contributed by atoms with van der Waals surface area (Å²) in [5, 5.41) is 0.780. The van der Waals surface area contributed by atoms with E-state index in [9.17, 15) is 0 Å². The first-order valence-corrected chi connectivity index (χ1v) is 3.87. The summed E-state index contributed by atoms with van der Waals surface area (Å²) in [7, 11) is 0. The summed E-state index contributed by atoms with van der Waals surface area (Å²) in [5.41, 5.74) is 5.88. The second-order valence-corrected chi connectivity index (χ2v) is 3.90. The van der Waals surface area contributed by atoms with E-state index in [1.165, 1.54) is 11.3 Å². The van der Waals surface area contributed by atoms with Gasteiger partial charge in [-0.1, -0.05) is 6.58 Å². The fraction of sp³-hybridized carbons (Fsp3) is 0. The number of thiazole rings is 1. The average Bonchev–Trinajstić information content (AvgIpc) is 2.14. The predicted molar refractivity (Wildman–Crippen MR) is 43.0 cm³/mol. The van der Waals surface area contributed by atoms with E-state index in [0.717, 1.165) is 8.79 Å². The van der Waals surface area contributed by atoms with E-state index >= 15 is 0 Å². The zero-order chi connectivity index (χ0) is 6.85. The summed E-state index contributed by atoms with van der Waals surface area (Å²) in [4.78, 5) is 3.96. The van der Waals surface area contributed by atoms with Crippen LogP contribution in [-0.2, 0) is 0 Å². The Morgan fingerprint density at radius 3 is 2.78 bits per heavy atom. The van der Waals surface area contributed by atoms with Gasteiger partial charge in [0, 0.05) is 0 Å². The van der Waals surface area contributed by atoms with Gasteiger partial charge in [-0.05, 0) is 15.9 Å². The standard InChI is InChI=1S/C5H5BrN2S/c1-3(7)5-8-2-4(6)9-5/h2H,1,7H2. The molecule has 0 saturated heterocycles. The van der Waals surface area contributed by atoms with Crippen molar-refractivity contribution in [2.45, 2.75) is 0 Å². The molecule has 0 unspecified atom stereocenters. The molecule has 48 valence electrons. The molecule has 1 rings (SSSR count). The smallest absolute Gasteiger partial charge is 0.139 e. The minimum Gasteiger partial charge on any atom is -0.397 e. The average molecular weight is 205 g/mol. The van der Waals surface area contributed by atoms with Crippen LogP contribution in [-0.4, -0.2) is 4.98 Å². The van der Waals surface area contributed by atoms with Gasteiger partial charge in [0.25, 0.3) is 0 Å². The first-order valence-electron chi connectivity index (χ1n) is 2.26. The van der Waals surface area contributed by atoms with Gasteiger partial charge in [0.05, 0.1) is 15.7 Å². The summed E-state index contributed by atoms with van der Waals surface area (Å²) < 4.78 is 0.976. The highest BCUT2D eigenvalue weighted by Gasteiger charge is 1.97. The lowest BCUT2D eigenvalue weighted by atomic mass is 10.5.